The van der Waals surface area contributed by atoms with Gasteiger partial charge in [0.1, 0.15) is 0 Å². The normalized spacial score (nSPS) is 12.8. The van der Waals surface area contributed by atoms with Gasteiger partial charge in [0.25, 0.3) is 0 Å². The van der Waals surface area contributed by atoms with Gasteiger partial charge in [-0.2, -0.15) is 0 Å². The fourth-order valence-electron chi connectivity index (χ4n) is 0.809. The topological polar surface area (TPSA) is 44.1 Å². The van der Waals surface area contributed by atoms with Gasteiger partial charge in [-0.3, -0.25) is 4.79 Å². The molecule has 3 nitrogen and oxygen atoms in total. The van der Waals surface area contributed by atoms with Crippen LogP contribution in [-0.4, -0.2) is 29.9 Å². The maximum absolute atomic E-state index is 11.0. The van der Waals surface area contributed by atoms with Crippen LogP contribution in [0.1, 0.15) is 20.8 Å². The maximum Gasteiger partial charge on any atom is 0.240 e. The minimum atomic E-state index is -0.611. The maximum atomic E-state index is 11.0. The van der Waals surface area contributed by atoms with E-state index in [1.807, 2.05) is 13.8 Å². The van der Waals surface area contributed by atoms with E-state index in [0.29, 0.717) is 13.1 Å². The summed E-state index contributed by atoms with van der Waals surface area (Å²) >= 11 is 0. The van der Waals surface area contributed by atoms with Crippen molar-refractivity contribution in [3.63, 3.8) is 0 Å². The van der Waals surface area contributed by atoms with Gasteiger partial charge in [-0.15, -0.1) is 0 Å². The molecule has 1 amide bonds. The predicted molar refractivity (Wildman–Crippen MR) is 40.5 cm³/mol. The van der Waals surface area contributed by atoms with Crippen LogP contribution in [0.15, 0.2) is 0 Å². The van der Waals surface area contributed by atoms with Gasteiger partial charge in [0, 0.05) is 13.1 Å². The van der Waals surface area contributed by atoms with E-state index in [9.17, 15) is 4.79 Å². The number of hydrogen-bond acceptors (Lipinski definition) is 1. The third kappa shape index (κ3) is 2.35. The molecule has 59 valence electrons. The fourth-order valence-corrected chi connectivity index (χ4v) is 0.809. The number of carbonyl (C=O) groups excluding carboxylic acids is 1. The standard InChI is InChI=1S/C7H15N2O/c1-4-9(5-2)7(10)6(3)8/h6,8H,4-5H2,1-3H3. The molecule has 0 fully saturated rings. The van der Waals surface area contributed by atoms with Crippen LogP contribution in [0.25, 0.3) is 0 Å². The van der Waals surface area contributed by atoms with Crippen molar-refractivity contribution in [2.24, 2.45) is 0 Å². The van der Waals surface area contributed by atoms with Crippen LogP contribution in [-0.2, 0) is 4.79 Å². The Balaban J connectivity index is 3.89. The van der Waals surface area contributed by atoms with Crippen molar-refractivity contribution in [2.75, 3.05) is 13.1 Å². The molecule has 1 radical (unpaired) electrons. The van der Waals surface area contributed by atoms with Gasteiger partial charge in [-0.05, 0) is 20.8 Å². The number of nitrogens with zero attached hydrogens (tertiary/aromatic N) is 1. The second kappa shape index (κ2) is 4.28. The smallest absolute Gasteiger partial charge is 0.240 e. The molecule has 1 atom stereocenters. The van der Waals surface area contributed by atoms with Gasteiger partial charge in [-0.1, -0.05) is 0 Å². The van der Waals surface area contributed by atoms with E-state index >= 15 is 0 Å². The molecule has 1 unspecified atom stereocenters. The highest BCUT2D eigenvalue weighted by molar-refractivity contribution is 5.80. The van der Waals surface area contributed by atoms with Gasteiger partial charge in [-0.25, -0.2) is 5.73 Å². The molecule has 0 aliphatic rings. The lowest BCUT2D eigenvalue weighted by molar-refractivity contribution is -0.131. The molecule has 0 saturated carbocycles. The van der Waals surface area contributed by atoms with E-state index in [1.165, 1.54) is 0 Å². The Morgan fingerprint density at radius 3 is 2.00 bits per heavy atom. The lowest BCUT2D eigenvalue weighted by Crippen LogP contribution is -2.38. The average molecular weight is 143 g/mol. The first-order chi connectivity index (χ1) is 4.63. The molecule has 0 aromatic rings. The summed E-state index contributed by atoms with van der Waals surface area (Å²) in [7, 11) is 0. The monoisotopic (exact) mass is 143 g/mol. The Labute approximate surface area is 62.2 Å². The van der Waals surface area contributed by atoms with E-state index in [1.54, 1.807) is 11.8 Å². The van der Waals surface area contributed by atoms with Crippen molar-refractivity contribution in [1.82, 2.24) is 10.6 Å². The molecule has 0 aliphatic heterocycles. The molecule has 0 bridgehead atoms. The zero-order valence-electron chi connectivity index (χ0n) is 6.85. The van der Waals surface area contributed by atoms with Crippen LogP contribution in [0, 0.1) is 0 Å². The SMILES string of the molecule is CCN(CC)C(=O)C(C)[NH]. The summed E-state index contributed by atoms with van der Waals surface area (Å²) in [5.41, 5.74) is 7.13. The lowest BCUT2D eigenvalue weighted by Gasteiger charge is -2.19. The van der Waals surface area contributed by atoms with Crippen molar-refractivity contribution >= 4 is 5.91 Å². The molecular weight excluding hydrogens is 128 g/mol. The molecule has 0 aliphatic carbocycles. The van der Waals surface area contributed by atoms with Crippen molar-refractivity contribution in [3.05, 3.63) is 0 Å². The molecule has 0 spiro atoms. The molecule has 0 saturated heterocycles. The number of amides is 1. The van der Waals surface area contributed by atoms with Crippen LogP contribution in [0.3, 0.4) is 0 Å². The Morgan fingerprint density at radius 2 is 1.90 bits per heavy atom. The highest BCUT2D eigenvalue weighted by Gasteiger charge is 2.13. The van der Waals surface area contributed by atoms with Crippen LogP contribution in [0.2, 0.25) is 0 Å². The Kier molecular flexibility index (Phi) is 4.03. The number of carbonyl (C=O) groups is 1. The summed E-state index contributed by atoms with van der Waals surface area (Å²) in [5.74, 6) is -0.0787. The van der Waals surface area contributed by atoms with Gasteiger partial charge >= 0.3 is 0 Å². The first-order valence-corrected chi connectivity index (χ1v) is 3.63. The number of rotatable bonds is 3. The largest absolute Gasteiger partial charge is 0.342 e. The average Bonchev–Trinajstić information content (AvgIpc) is 1.90. The quantitative estimate of drug-likeness (QED) is 0.568. The van der Waals surface area contributed by atoms with Crippen molar-refractivity contribution in [2.45, 2.75) is 26.8 Å². The zero-order chi connectivity index (χ0) is 8.15. The zero-order valence-corrected chi connectivity index (χ0v) is 6.85. The molecule has 0 heterocycles. The number of hydrogen-bond donors (Lipinski definition) is 0. The summed E-state index contributed by atoms with van der Waals surface area (Å²) < 4.78 is 0. The summed E-state index contributed by atoms with van der Waals surface area (Å²) in [6.45, 7) is 6.85. The Morgan fingerprint density at radius 1 is 1.50 bits per heavy atom. The molecule has 10 heavy (non-hydrogen) atoms. The number of nitrogens with one attached hydrogen (secondary N) is 1. The van der Waals surface area contributed by atoms with Gasteiger partial charge in [0.2, 0.25) is 5.91 Å². The first kappa shape index (κ1) is 9.43. The van der Waals surface area contributed by atoms with Crippen molar-refractivity contribution in [1.29, 1.82) is 0 Å². The first-order valence-electron chi connectivity index (χ1n) is 3.63. The molecular formula is C7H15N2O. The second-order valence-electron chi connectivity index (χ2n) is 2.23. The Hall–Kier alpha value is -0.570. The van der Waals surface area contributed by atoms with E-state index in [4.69, 9.17) is 5.73 Å². The van der Waals surface area contributed by atoms with E-state index < -0.39 is 6.04 Å². The highest BCUT2D eigenvalue weighted by atomic mass is 16.2. The summed E-state index contributed by atoms with van der Waals surface area (Å²) in [6, 6.07) is -0.611. The Bertz CT molecular complexity index is 108. The summed E-state index contributed by atoms with van der Waals surface area (Å²) in [5, 5.41) is 0. The third-order valence-corrected chi connectivity index (χ3v) is 1.45. The minimum Gasteiger partial charge on any atom is -0.342 e. The van der Waals surface area contributed by atoms with Crippen LogP contribution in [0.4, 0.5) is 0 Å². The summed E-state index contributed by atoms with van der Waals surface area (Å²) in [6.07, 6.45) is 0. The highest BCUT2D eigenvalue weighted by Crippen LogP contribution is 1.92. The van der Waals surface area contributed by atoms with Crippen LogP contribution >= 0.6 is 0 Å². The molecule has 0 aromatic heterocycles. The van der Waals surface area contributed by atoms with E-state index in [0.717, 1.165) is 0 Å². The van der Waals surface area contributed by atoms with Crippen LogP contribution < -0.4 is 5.73 Å². The van der Waals surface area contributed by atoms with Gasteiger partial charge in [0.05, 0.1) is 6.04 Å². The van der Waals surface area contributed by atoms with Crippen LogP contribution in [0.5, 0.6) is 0 Å². The van der Waals surface area contributed by atoms with E-state index in [-0.39, 0.29) is 5.91 Å². The van der Waals surface area contributed by atoms with Gasteiger partial charge < -0.3 is 4.90 Å². The predicted octanol–water partition coefficient (Wildman–Crippen LogP) is 0.526. The third-order valence-electron chi connectivity index (χ3n) is 1.45. The second-order valence-corrected chi connectivity index (χ2v) is 2.23. The van der Waals surface area contributed by atoms with Crippen molar-refractivity contribution in [3.8, 4) is 0 Å². The lowest BCUT2D eigenvalue weighted by atomic mass is 10.3. The number of likely N-dealkylation sites (N-methyl/N-ethyl adjacent to an activating group) is 1. The minimum absolute atomic E-state index is 0.0787. The van der Waals surface area contributed by atoms with Crippen molar-refractivity contribution < 1.29 is 4.79 Å². The summed E-state index contributed by atoms with van der Waals surface area (Å²) in [4.78, 5) is 12.7. The molecule has 3 heteroatoms. The van der Waals surface area contributed by atoms with Gasteiger partial charge in [0.15, 0.2) is 0 Å². The van der Waals surface area contributed by atoms with E-state index in [2.05, 4.69) is 0 Å². The molecule has 0 rings (SSSR count). The molecule has 1 N–H and O–H groups in total. The molecule has 0 aromatic carbocycles. The fraction of sp³-hybridized carbons (Fsp3) is 0.857.